The first-order chi connectivity index (χ1) is 15.2. The van der Waals surface area contributed by atoms with Crippen molar-refractivity contribution in [1.29, 1.82) is 0 Å². The van der Waals surface area contributed by atoms with E-state index in [2.05, 4.69) is 15.9 Å². The Morgan fingerprint density at radius 1 is 0.938 bits per heavy atom. The highest BCUT2D eigenvalue weighted by atomic mass is 79.9. The molecule has 1 fully saturated rings. The predicted octanol–water partition coefficient (Wildman–Crippen LogP) is 5.32. The van der Waals surface area contributed by atoms with Gasteiger partial charge in [-0.15, -0.1) is 0 Å². The highest BCUT2D eigenvalue weighted by Gasteiger charge is 2.32. The van der Waals surface area contributed by atoms with Crippen LogP contribution in [0.4, 0.5) is 0 Å². The molecule has 0 saturated carbocycles. The number of thiocarbonyl (C=S) groups is 1. The number of sulfonamides is 1. The Morgan fingerprint density at radius 3 is 2.12 bits per heavy atom. The molecule has 0 unspecified atom stereocenters. The van der Waals surface area contributed by atoms with Crippen LogP contribution in [0, 0.1) is 20.8 Å². The Bertz CT molecular complexity index is 1240. The lowest BCUT2D eigenvalue weighted by Crippen LogP contribution is -2.50. The lowest BCUT2D eigenvalue weighted by atomic mass is 10.1. The molecule has 4 rings (SSSR count). The van der Waals surface area contributed by atoms with E-state index < -0.39 is 10.0 Å². The van der Waals surface area contributed by atoms with E-state index in [1.54, 1.807) is 4.31 Å². The van der Waals surface area contributed by atoms with Gasteiger partial charge in [0.1, 0.15) is 10.7 Å². The zero-order valence-corrected chi connectivity index (χ0v) is 21.5. The summed E-state index contributed by atoms with van der Waals surface area (Å²) in [6.45, 7) is 7.51. The summed E-state index contributed by atoms with van der Waals surface area (Å²) in [6, 6.07) is 15.5. The van der Waals surface area contributed by atoms with Gasteiger partial charge in [0.05, 0.1) is 4.90 Å². The Hall–Kier alpha value is -2.00. The number of hydrogen-bond donors (Lipinski definition) is 0. The molecule has 0 aliphatic carbocycles. The number of furan rings is 1. The zero-order valence-electron chi connectivity index (χ0n) is 18.3. The van der Waals surface area contributed by atoms with Gasteiger partial charge in [-0.3, -0.25) is 0 Å². The van der Waals surface area contributed by atoms with Gasteiger partial charge in [0.25, 0.3) is 0 Å². The van der Waals surface area contributed by atoms with Crippen LogP contribution in [-0.2, 0) is 10.0 Å². The average molecular weight is 534 g/mol. The van der Waals surface area contributed by atoms with Gasteiger partial charge in [0.2, 0.25) is 10.0 Å². The average Bonchev–Trinajstić information content (AvgIpc) is 3.23. The summed E-state index contributed by atoms with van der Waals surface area (Å²) in [5, 5.41) is 0. The van der Waals surface area contributed by atoms with Crippen molar-refractivity contribution in [1.82, 2.24) is 9.21 Å². The first-order valence-corrected chi connectivity index (χ1v) is 13.0. The van der Waals surface area contributed by atoms with Crippen LogP contribution in [0.25, 0.3) is 11.3 Å². The van der Waals surface area contributed by atoms with E-state index in [0.717, 1.165) is 32.5 Å². The fourth-order valence-corrected chi connectivity index (χ4v) is 6.60. The fraction of sp³-hybridized carbons (Fsp3) is 0.292. The van der Waals surface area contributed by atoms with Crippen LogP contribution in [0.5, 0.6) is 0 Å². The minimum Gasteiger partial charge on any atom is -0.454 e. The molecule has 2 heterocycles. The topological polar surface area (TPSA) is 53.8 Å². The normalized spacial score (nSPS) is 15.2. The van der Waals surface area contributed by atoms with Gasteiger partial charge >= 0.3 is 0 Å². The first kappa shape index (κ1) is 23.2. The summed E-state index contributed by atoms with van der Waals surface area (Å²) in [6.07, 6.45) is 0. The van der Waals surface area contributed by atoms with Gasteiger partial charge in [0, 0.05) is 36.2 Å². The zero-order chi connectivity index (χ0) is 23.0. The Kier molecular flexibility index (Phi) is 6.58. The summed E-state index contributed by atoms with van der Waals surface area (Å²) < 4.78 is 35.2. The third-order valence-corrected chi connectivity index (χ3v) is 8.87. The highest BCUT2D eigenvalue weighted by Crippen LogP contribution is 2.28. The molecule has 5 nitrogen and oxygen atoms in total. The molecule has 1 aliphatic heterocycles. The molecule has 168 valence electrons. The van der Waals surface area contributed by atoms with E-state index in [9.17, 15) is 8.42 Å². The Morgan fingerprint density at radius 2 is 1.53 bits per heavy atom. The minimum atomic E-state index is -3.55. The van der Waals surface area contributed by atoms with Gasteiger partial charge in [-0.1, -0.05) is 58.0 Å². The monoisotopic (exact) mass is 532 g/mol. The number of hydrogen-bond acceptors (Lipinski definition) is 4. The van der Waals surface area contributed by atoms with Gasteiger partial charge in [0.15, 0.2) is 5.76 Å². The molecular weight excluding hydrogens is 508 g/mol. The largest absolute Gasteiger partial charge is 0.454 e. The maximum atomic E-state index is 13.3. The van der Waals surface area contributed by atoms with Gasteiger partial charge in [-0.05, 0) is 56.2 Å². The third kappa shape index (κ3) is 4.55. The summed E-state index contributed by atoms with van der Waals surface area (Å²) in [7, 11) is -3.55. The summed E-state index contributed by atoms with van der Waals surface area (Å²) in [5.74, 6) is 1.38. The van der Waals surface area contributed by atoms with Crippen LogP contribution in [0.15, 0.2) is 62.3 Å². The standard InChI is InChI=1S/C24H25BrN2O3S2/c1-16-14-17(2)23(18(3)15-16)32(28,29)27-12-10-26(11-13-27)24(31)22-9-8-21(30-22)19-4-6-20(25)7-5-19/h4-9,14-15H,10-13H2,1-3H3. The van der Waals surface area contributed by atoms with Crippen molar-refractivity contribution in [3.05, 3.63) is 75.5 Å². The van der Waals surface area contributed by atoms with E-state index >= 15 is 0 Å². The molecule has 1 aromatic heterocycles. The van der Waals surface area contributed by atoms with E-state index in [1.165, 1.54) is 0 Å². The second kappa shape index (κ2) is 9.09. The number of piperazine rings is 1. The molecular formula is C24H25BrN2O3S2. The molecule has 0 bridgehead atoms. The molecule has 1 aliphatic rings. The highest BCUT2D eigenvalue weighted by molar-refractivity contribution is 9.10. The Labute approximate surface area is 203 Å². The number of halogens is 1. The summed E-state index contributed by atoms with van der Waals surface area (Å²) >= 11 is 9.10. The molecule has 32 heavy (non-hydrogen) atoms. The minimum absolute atomic E-state index is 0.384. The van der Waals surface area contributed by atoms with E-state index in [0.29, 0.717) is 41.8 Å². The first-order valence-electron chi connectivity index (χ1n) is 10.4. The molecule has 2 aromatic carbocycles. The van der Waals surface area contributed by atoms with Gasteiger partial charge < -0.3 is 9.32 Å². The van der Waals surface area contributed by atoms with Crippen LogP contribution in [0.3, 0.4) is 0 Å². The van der Waals surface area contributed by atoms with Gasteiger partial charge in [-0.2, -0.15) is 4.31 Å². The van der Waals surface area contributed by atoms with Crippen molar-refractivity contribution in [3.63, 3.8) is 0 Å². The van der Waals surface area contributed by atoms with Crippen molar-refractivity contribution in [2.75, 3.05) is 26.2 Å². The fourth-order valence-electron chi connectivity index (χ4n) is 4.21. The summed E-state index contributed by atoms with van der Waals surface area (Å²) in [5.41, 5.74) is 3.62. The lowest BCUT2D eigenvalue weighted by Gasteiger charge is -2.35. The van der Waals surface area contributed by atoms with E-state index in [-0.39, 0.29) is 0 Å². The number of aryl methyl sites for hydroxylation is 3. The van der Waals surface area contributed by atoms with Crippen molar-refractivity contribution < 1.29 is 12.8 Å². The second-order valence-electron chi connectivity index (χ2n) is 8.09. The van der Waals surface area contributed by atoms with Crippen molar-refractivity contribution in [2.24, 2.45) is 0 Å². The third-order valence-electron chi connectivity index (χ3n) is 5.67. The Balaban J connectivity index is 1.46. The predicted molar refractivity (Wildman–Crippen MR) is 135 cm³/mol. The molecule has 8 heteroatoms. The number of nitrogens with zero attached hydrogens (tertiary/aromatic N) is 2. The molecule has 0 atom stereocenters. The SMILES string of the molecule is Cc1cc(C)c(S(=O)(=O)N2CCN(C(=S)c3ccc(-c4ccc(Br)cc4)o3)CC2)c(C)c1. The second-order valence-corrected chi connectivity index (χ2v) is 11.3. The van der Waals surface area contributed by atoms with Gasteiger partial charge in [-0.25, -0.2) is 8.42 Å². The van der Waals surface area contributed by atoms with Crippen molar-refractivity contribution in [2.45, 2.75) is 25.7 Å². The lowest BCUT2D eigenvalue weighted by molar-refractivity contribution is 0.267. The van der Waals surface area contributed by atoms with Crippen molar-refractivity contribution >= 4 is 43.2 Å². The molecule has 1 saturated heterocycles. The number of rotatable bonds is 4. The van der Waals surface area contributed by atoms with Crippen molar-refractivity contribution in [3.8, 4) is 11.3 Å². The van der Waals surface area contributed by atoms with E-state index in [1.807, 2.05) is 74.2 Å². The van der Waals surface area contributed by atoms with Crippen LogP contribution in [0.2, 0.25) is 0 Å². The smallest absolute Gasteiger partial charge is 0.243 e. The van der Waals surface area contributed by atoms with Crippen LogP contribution in [-0.4, -0.2) is 48.8 Å². The molecule has 0 amide bonds. The number of benzene rings is 2. The van der Waals surface area contributed by atoms with Crippen LogP contribution >= 0.6 is 28.1 Å². The maximum absolute atomic E-state index is 13.3. The molecule has 0 radical (unpaired) electrons. The van der Waals surface area contributed by atoms with E-state index in [4.69, 9.17) is 16.6 Å². The van der Waals surface area contributed by atoms with Crippen LogP contribution in [0.1, 0.15) is 22.5 Å². The summed E-state index contributed by atoms with van der Waals surface area (Å²) in [4.78, 5) is 3.04. The quantitative estimate of drug-likeness (QED) is 0.426. The molecule has 0 N–H and O–H groups in total. The molecule has 0 spiro atoms. The molecule has 3 aromatic rings. The van der Waals surface area contributed by atoms with Crippen LogP contribution < -0.4 is 0 Å². The maximum Gasteiger partial charge on any atom is 0.243 e.